The van der Waals surface area contributed by atoms with Crippen molar-refractivity contribution in [2.24, 2.45) is 0 Å². The summed E-state index contributed by atoms with van der Waals surface area (Å²) in [5.74, 6) is 0. The largest absolute Gasteiger partial charge is 0.398 e. The molecule has 0 fully saturated rings. The normalized spacial score (nSPS) is 13.3. The van der Waals surface area contributed by atoms with Crippen LogP contribution in [0.1, 0.15) is 18.7 Å². The molecule has 0 bridgehead atoms. The third-order valence-corrected chi connectivity index (χ3v) is 4.30. The van der Waals surface area contributed by atoms with E-state index in [-0.39, 0.29) is 4.88 Å². The number of aromatic nitrogens is 1. The van der Waals surface area contributed by atoms with Crippen molar-refractivity contribution in [3.8, 4) is 0 Å². The molecule has 6 heteroatoms. The first-order valence-electron chi connectivity index (χ1n) is 3.86. The highest BCUT2D eigenvalue weighted by molar-refractivity contribution is 8.00. The Labute approximate surface area is 88.7 Å². The molecule has 0 saturated carbocycles. The summed E-state index contributed by atoms with van der Waals surface area (Å²) in [6.07, 6.45) is -1.12. The highest BCUT2D eigenvalue weighted by atomic mass is 32.2. The fraction of sp³-hybridized carbons (Fsp3) is 0.625. The van der Waals surface area contributed by atoms with Gasteiger partial charge in [0.2, 0.25) is 0 Å². The zero-order valence-corrected chi connectivity index (χ0v) is 9.61. The lowest BCUT2D eigenvalue weighted by atomic mass is 9.91. The lowest BCUT2D eigenvalue weighted by molar-refractivity contribution is -0.179. The van der Waals surface area contributed by atoms with Crippen molar-refractivity contribution in [1.29, 1.82) is 0 Å². The monoisotopic (exact) mass is 241 g/mol. The summed E-state index contributed by atoms with van der Waals surface area (Å²) in [7, 11) is 0. The molecular weight excluding hydrogens is 231 g/mol. The number of thiazole rings is 1. The van der Waals surface area contributed by atoms with Crippen LogP contribution < -0.4 is 0 Å². The quantitative estimate of drug-likeness (QED) is 0.732. The van der Waals surface area contributed by atoms with Gasteiger partial charge in [-0.3, -0.25) is 0 Å². The molecule has 0 unspecified atom stereocenters. The summed E-state index contributed by atoms with van der Waals surface area (Å²) < 4.78 is 38.5. The molecule has 0 aliphatic rings. The Bertz CT molecular complexity index is 317. The summed E-state index contributed by atoms with van der Waals surface area (Å²) in [5.41, 5.74) is -1.81. The fourth-order valence-corrected chi connectivity index (χ4v) is 2.31. The Balaban J connectivity index is 3.04. The zero-order valence-electron chi connectivity index (χ0n) is 7.97. The van der Waals surface area contributed by atoms with E-state index in [1.807, 2.05) is 0 Å². The van der Waals surface area contributed by atoms with Crippen molar-refractivity contribution in [2.75, 3.05) is 6.26 Å². The SMILES string of the molecule is CSc1ncc(C(C)(C)C(F)(F)F)s1. The molecule has 0 atom stereocenters. The number of nitrogens with zero attached hydrogens (tertiary/aromatic N) is 1. The van der Waals surface area contributed by atoms with E-state index in [1.54, 1.807) is 6.26 Å². The lowest BCUT2D eigenvalue weighted by Crippen LogP contribution is -2.35. The maximum Gasteiger partial charge on any atom is 0.398 e. The van der Waals surface area contributed by atoms with Gasteiger partial charge in [0.15, 0.2) is 0 Å². The van der Waals surface area contributed by atoms with E-state index >= 15 is 0 Å². The van der Waals surface area contributed by atoms with Crippen molar-refractivity contribution in [1.82, 2.24) is 4.98 Å². The van der Waals surface area contributed by atoms with Crippen LogP contribution in [0.4, 0.5) is 13.2 Å². The molecule has 0 aliphatic carbocycles. The van der Waals surface area contributed by atoms with Crippen LogP contribution in [0, 0.1) is 0 Å². The number of halogens is 3. The number of hydrogen-bond donors (Lipinski definition) is 0. The van der Waals surface area contributed by atoms with Gasteiger partial charge < -0.3 is 0 Å². The van der Waals surface area contributed by atoms with Crippen LogP contribution in [0.3, 0.4) is 0 Å². The van der Waals surface area contributed by atoms with Crippen molar-refractivity contribution in [2.45, 2.75) is 29.8 Å². The van der Waals surface area contributed by atoms with Crippen LogP contribution in [-0.4, -0.2) is 17.4 Å². The van der Waals surface area contributed by atoms with E-state index < -0.39 is 11.6 Å². The molecule has 0 N–H and O–H groups in total. The second-order valence-corrected chi connectivity index (χ2v) is 5.40. The average molecular weight is 241 g/mol. The van der Waals surface area contributed by atoms with Crippen molar-refractivity contribution in [3.05, 3.63) is 11.1 Å². The minimum absolute atomic E-state index is 0.259. The summed E-state index contributed by atoms with van der Waals surface area (Å²) >= 11 is 2.45. The molecule has 1 aromatic heterocycles. The van der Waals surface area contributed by atoms with Crippen LogP contribution in [0.2, 0.25) is 0 Å². The van der Waals surface area contributed by atoms with Gasteiger partial charge in [0.25, 0.3) is 0 Å². The van der Waals surface area contributed by atoms with Gasteiger partial charge >= 0.3 is 6.18 Å². The Hall–Kier alpha value is -0.230. The summed E-state index contributed by atoms with van der Waals surface area (Å²) in [5, 5.41) is 0. The molecule has 0 spiro atoms. The van der Waals surface area contributed by atoms with Gasteiger partial charge in [0.05, 0.1) is 5.41 Å². The Morgan fingerprint density at radius 2 is 1.93 bits per heavy atom. The molecule has 80 valence electrons. The standard InChI is InChI=1S/C8H10F3NS2/c1-7(2,8(9,10)11)5-4-12-6(13-3)14-5/h4H,1-3H3. The molecule has 0 aromatic carbocycles. The maximum atomic E-state index is 12.6. The fourth-order valence-electron chi connectivity index (χ4n) is 0.781. The first-order valence-corrected chi connectivity index (χ1v) is 5.90. The van der Waals surface area contributed by atoms with Crippen LogP contribution in [0.25, 0.3) is 0 Å². The predicted molar refractivity (Wildman–Crippen MR) is 53.0 cm³/mol. The number of rotatable bonds is 2. The van der Waals surface area contributed by atoms with Crippen LogP contribution in [0.5, 0.6) is 0 Å². The highest BCUT2D eigenvalue weighted by Gasteiger charge is 2.49. The third kappa shape index (κ3) is 2.06. The molecular formula is C8H10F3NS2. The zero-order chi connectivity index (χ0) is 11.0. The number of alkyl halides is 3. The van der Waals surface area contributed by atoms with Gasteiger partial charge in [-0.1, -0.05) is 11.8 Å². The molecule has 0 radical (unpaired) electrons. The molecule has 0 aliphatic heterocycles. The lowest BCUT2D eigenvalue weighted by Gasteiger charge is -2.25. The Kier molecular flexibility index (Phi) is 3.16. The van der Waals surface area contributed by atoms with E-state index in [1.165, 1.54) is 31.8 Å². The van der Waals surface area contributed by atoms with E-state index in [0.717, 1.165) is 11.3 Å². The van der Waals surface area contributed by atoms with Crippen molar-refractivity contribution >= 4 is 23.1 Å². The van der Waals surface area contributed by atoms with Gasteiger partial charge in [-0.15, -0.1) is 11.3 Å². The second-order valence-electron chi connectivity index (χ2n) is 3.32. The van der Waals surface area contributed by atoms with Crippen LogP contribution in [0.15, 0.2) is 10.5 Å². The third-order valence-electron chi connectivity index (χ3n) is 1.98. The van der Waals surface area contributed by atoms with Gasteiger partial charge in [-0.25, -0.2) is 4.98 Å². The van der Waals surface area contributed by atoms with E-state index in [9.17, 15) is 13.2 Å². The van der Waals surface area contributed by atoms with Crippen molar-refractivity contribution in [3.63, 3.8) is 0 Å². The first-order chi connectivity index (χ1) is 6.29. The van der Waals surface area contributed by atoms with Crippen molar-refractivity contribution < 1.29 is 13.2 Å². The van der Waals surface area contributed by atoms with Crippen LogP contribution >= 0.6 is 23.1 Å². The van der Waals surface area contributed by atoms with Crippen LogP contribution in [-0.2, 0) is 5.41 Å². The average Bonchev–Trinajstić information content (AvgIpc) is 2.49. The van der Waals surface area contributed by atoms with Gasteiger partial charge in [-0.05, 0) is 20.1 Å². The smallest absolute Gasteiger partial charge is 0.238 e. The minimum atomic E-state index is -4.23. The molecule has 1 aromatic rings. The summed E-state index contributed by atoms with van der Waals surface area (Å²) in [6, 6.07) is 0. The summed E-state index contributed by atoms with van der Waals surface area (Å²) in [4.78, 5) is 4.15. The van der Waals surface area contributed by atoms with Gasteiger partial charge in [0.1, 0.15) is 4.34 Å². The number of hydrogen-bond acceptors (Lipinski definition) is 3. The minimum Gasteiger partial charge on any atom is -0.238 e. The molecule has 14 heavy (non-hydrogen) atoms. The molecule has 1 heterocycles. The topological polar surface area (TPSA) is 12.9 Å². The maximum absolute atomic E-state index is 12.6. The highest BCUT2D eigenvalue weighted by Crippen LogP contribution is 2.43. The molecule has 1 nitrogen and oxygen atoms in total. The molecule has 0 amide bonds. The van der Waals surface area contributed by atoms with Gasteiger partial charge in [-0.2, -0.15) is 13.2 Å². The Morgan fingerprint density at radius 1 is 1.36 bits per heavy atom. The second kappa shape index (κ2) is 3.73. The van der Waals surface area contributed by atoms with E-state index in [4.69, 9.17) is 0 Å². The summed E-state index contributed by atoms with van der Waals surface area (Å²) in [6.45, 7) is 2.34. The molecule has 0 saturated heterocycles. The number of thioether (sulfide) groups is 1. The van der Waals surface area contributed by atoms with Gasteiger partial charge in [0, 0.05) is 11.1 Å². The first kappa shape index (κ1) is 11.8. The van der Waals surface area contributed by atoms with E-state index in [2.05, 4.69) is 4.98 Å². The van der Waals surface area contributed by atoms with E-state index in [0.29, 0.717) is 4.34 Å². The Morgan fingerprint density at radius 3 is 2.29 bits per heavy atom. The predicted octanol–water partition coefficient (Wildman–Crippen LogP) is 3.70. The molecule has 1 rings (SSSR count).